The summed E-state index contributed by atoms with van der Waals surface area (Å²) in [5.41, 5.74) is 6.44. The molecule has 1 N–H and O–H groups in total. The monoisotopic (exact) mass is 383 g/mol. The first kappa shape index (κ1) is 21.9. The minimum absolute atomic E-state index is 0.377. The molecule has 1 aliphatic rings. The molecule has 1 saturated carbocycles. The normalized spacial score (nSPS) is 19.9. The maximum atomic E-state index is 13.6. The molecule has 0 heterocycles. The van der Waals surface area contributed by atoms with E-state index in [1.165, 1.54) is 22.8 Å². The molecular weight excluding hydrogens is 352 g/mol. The van der Waals surface area contributed by atoms with Crippen molar-refractivity contribution in [1.29, 1.82) is 0 Å². The molecular formula is C25H31F2N. The van der Waals surface area contributed by atoms with Gasteiger partial charge in [-0.25, -0.2) is 8.78 Å². The largest absolute Gasteiger partial charge is 0.355 e. The van der Waals surface area contributed by atoms with Gasteiger partial charge in [0.1, 0.15) is 0 Å². The van der Waals surface area contributed by atoms with Crippen LogP contribution in [-0.4, -0.2) is 5.92 Å². The van der Waals surface area contributed by atoms with Gasteiger partial charge in [0, 0.05) is 23.4 Å². The molecule has 0 aliphatic heterocycles. The van der Waals surface area contributed by atoms with Gasteiger partial charge in [0.05, 0.1) is 0 Å². The van der Waals surface area contributed by atoms with Crippen LogP contribution in [0.15, 0.2) is 73.0 Å². The van der Waals surface area contributed by atoms with E-state index in [2.05, 4.69) is 51.0 Å². The fourth-order valence-corrected chi connectivity index (χ4v) is 3.60. The Labute approximate surface area is 168 Å². The first-order valence-electron chi connectivity index (χ1n) is 9.67. The zero-order chi connectivity index (χ0) is 21.1. The van der Waals surface area contributed by atoms with Gasteiger partial charge in [-0.1, -0.05) is 37.5 Å². The van der Waals surface area contributed by atoms with Gasteiger partial charge >= 0.3 is 0 Å². The highest BCUT2D eigenvalue weighted by Crippen LogP contribution is 2.50. The summed E-state index contributed by atoms with van der Waals surface area (Å²) < 4.78 is 27.2. The van der Waals surface area contributed by atoms with E-state index in [4.69, 9.17) is 0 Å². The lowest BCUT2D eigenvalue weighted by Crippen LogP contribution is -2.12. The number of hydrogen-bond donors (Lipinski definition) is 1. The molecule has 0 aromatic heterocycles. The highest BCUT2D eigenvalue weighted by Gasteiger charge is 2.37. The zero-order valence-corrected chi connectivity index (χ0v) is 17.4. The maximum absolute atomic E-state index is 13.6. The maximum Gasteiger partial charge on any atom is 0.249 e. The molecule has 3 heteroatoms. The summed E-state index contributed by atoms with van der Waals surface area (Å²) in [5, 5.41) is 3.33. The van der Waals surface area contributed by atoms with E-state index >= 15 is 0 Å². The van der Waals surface area contributed by atoms with Crippen LogP contribution in [0.4, 0.5) is 14.5 Å². The number of alkyl halides is 2. The second-order valence-electron chi connectivity index (χ2n) is 7.74. The van der Waals surface area contributed by atoms with E-state index in [1.54, 1.807) is 6.08 Å². The lowest BCUT2D eigenvalue weighted by molar-refractivity contribution is 0.0233. The van der Waals surface area contributed by atoms with Crippen LogP contribution in [-0.2, 0) is 0 Å². The SMILES string of the molecule is C=C/C(CC(C)(F)F)=C(\C=C/C)C(=C)Nc1cc(C)c(C)c(C2CC2C=C)c1. The predicted octanol–water partition coefficient (Wildman–Crippen LogP) is 7.62. The molecule has 1 fully saturated rings. The summed E-state index contributed by atoms with van der Waals surface area (Å²) in [4.78, 5) is 0. The van der Waals surface area contributed by atoms with Crippen LogP contribution in [0.3, 0.4) is 0 Å². The van der Waals surface area contributed by atoms with E-state index in [9.17, 15) is 8.78 Å². The van der Waals surface area contributed by atoms with E-state index in [-0.39, 0.29) is 6.42 Å². The Morgan fingerprint density at radius 3 is 2.46 bits per heavy atom. The highest BCUT2D eigenvalue weighted by molar-refractivity contribution is 5.61. The molecule has 1 aliphatic carbocycles. The Bertz CT molecular complexity index is 837. The number of rotatable bonds is 9. The van der Waals surface area contributed by atoms with Crippen molar-refractivity contribution in [2.75, 3.05) is 5.32 Å². The minimum atomic E-state index is -2.81. The average molecular weight is 384 g/mol. The molecule has 0 saturated heterocycles. The van der Waals surface area contributed by atoms with E-state index < -0.39 is 5.92 Å². The molecule has 2 atom stereocenters. The second kappa shape index (κ2) is 8.72. The van der Waals surface area contributed by atoms with Crippen LogP contribution in [0.5, 0.6) is 0 Å². The van der Waals surface area contributed by atoms with Crippen molar-refractivity contribution in [3.8, 4) is 0 Å². The van der Waals surface area contributed by atoms with Gasteiger partial charge in [0.15, 0.2) is 0 Å². The van der Waals surface area contributed by atoms with Crippen LogP contribution in [0.25, 0.3) is 0 Å². The van der Waals surface area contributed by atoms with Crippen molar-refractivity contribution >= 4 is 5.69 Å². The average Bonchev–Trinajstić information content (AvgIpc) is 3.39. The van der Waals surface area contributed by atoms with Crippen LogP contribution < -0.4 is 5.32 Å². The van der Waals surface area contributed by atoms with Gasteiger partial charge in [-0.15, -0.1) is 6.58 Å². The molecule has 1 aromatic rings. The molecule has 28 heavy (non-hydrogen) atoms. The number of hydrogen-bond acceptors (Lipinski definition) is 1. The first-order valence-corrected chi connectivity index (χ1v) is 9.67. The van der Waals surface area contributed by atoms with Crippen LogP contribution >= 0.6 is 0 Å². The van der Waals surface area contributed by atoms with E-state index in [1.807, 2.05) is 19.1 Å². The van der Waals surface area contributed by atoms with Gasteiger partial charge in [0.2, 0.25) is 5.92 Å². The number of aryl methyl sites for hydroxylation is 1. The third-order valence-corrected chi connectivity index (χ3v) is 5.30. The summed E-state index contributed by atoms with van der Waals surface area (Å²) in [7, 11) is 0. The van der Waals surface area contributed by atoms with Crippen LogP contribution in [0.1, 0.15) is 49.3 Å². The summed E-state index contributed by atoms with van der Waals surface area (Å²) in [6.07, 6.45) is 7.89. The Kier molecular flexibility index (Phi) is 6.82. The molecule has 0 bridgehead atoms. The van der Waals surface area contributed by atoms with Crippen molar-refractivity contribution in [3.05, 3.63) is 89.7 Å². The lowest BCUT2D eigenvalue weighted by atomic mass is 9.96. The van der Waals surface area contributed by atoms with Gasteiger partial charge in [0.25, 0.3) is 0 Å². The fourth-order valence-electron chi connectivity index (χ4n) is 3.60. The fraction of sp³-hybridized carbons (Fsp3) is 0.360. The molecule has 0 spiro atoms. The third-order valence-electron chi connectivity index (χ3n) is 5.30. The summed E-state index contributed by atoms with van der Waals surface area (Å²) >= 11 is 0. The molecule has 2 unspecified atom stereocenters. The Morgan fingerprint density at radius 2 is 1.96 bits per heavy atom. The molecule has 2 rings (SSSR count). The van der Waals surface area contributed by atoms with Crippen LogP contribution in [0, 0.1) is 19.8 Å². The highest BCUT2D eigenvalue weighted by atomic mass is 19.3. The number of benzene rings is 1. The quantitative estimate of drug-likeness (QED) is 0.341. The number of halogens is 2. The lowest BCUT2D eigenvalue weighted by Gasteiger charge is -2.19. The van der Waals surface area contributed by atoms with Gasteiger partial charge < -0.3 is 5.32 Å². The van der Waals surface area contributed by atoms with Crippen molar-refractivity contribution in [2.24, 2.45) is 5.92 Å². The molecule has 0 amide bonds. The molecule has 1 aromatic carbocycles. The predicted molar refractivity (Wildman–Crippen MR) is 117 cm³/mol. The Hall–Kier alpha value is -2.42. The number of allylic oxidation sites excluding steroid dienone is 5. The molecule has 1 nitrogen and oxygen atoms in total. The summed E-state index contributed by atoms with van der Waals surface area (Å²) in [5.74, 6) is -1.76. The van der Waals surface area contributed by atoms with Crippen LogP contribution in [0.2, 0.25) is 0 Å². The van der Waals surface area contributed by atoms with Gasteiger partial charge in [-0.2, -0.15) is 0 Å². The van der Waals surface area contributed by atoms with Gasteiger partial charge in [-0.05, 0) is 80.3 Å². The van der Waals surface area contributed by atoms with Crippen molar-refractivity contribution in [2.45, 2.75) is 52.4 Å². The molecule has 150 valence electrons. The second-order valence-corrected chi connectivity index (χ2v) is 7.74. The van der Waals surface area contributed by atoms with Crippen molar-refractivity contribution in [1.82, 2.24) is 0 Å². The van der Waals surface area contributed by atoms with E-state index in [0.29, 0.717) is 28.7 Å². The van der Waals surface area contributed by atoms with E-state index in [0.717, 1.165) is 19.0 Å². The topological polar surface area (TPSA) is 12.0 Å². The number of nitrogens with one attached hydrogen (secondary N) is 1. The smallest absolute Gasteiger partial charge is 0.249 e. The Balaban J connectivity index is 2.36. The first-order chi connectivity index (χ1) is 13.1. The van der Waals surface area contributed by atoms with Gasteiger partial charge in [-0.3, -0.25) is 0 Å². The molecule has 0 radical (unpaired) electrons. The zero-order valence-electron chi connectivity index (χ0n) is 17.4. The minimum Gasteiger partial charge on any atom is -0.355 e. The summed E-state index contributed by atoms with van der Waals surface area (Å²) in [6, 6.07) is 4.22. The van der Waals surface area contributed by atoms with Crippen molar-refractivity contribution < 1.29 is 8.78 Å². The van der Waals surface area contributed by atoms with Crippen molar-refractivity contribution in [3.63, 3.8) is 0 Å². The third kappa shape index (κ3) is 5.31. The summed E-state index contributed by atoms with van der Waals surface area (Å²) in [6.45, 7) is 18.8. The number of anilines is 1. The Morgan fingerprint density at radius 1 is 1.29 bits per heavy atom. The standard InChI is InChI=1S/C25H31F2N/c1-8-11-22(20(10-3)15-25(7,26)27)18(6)28-21-12-16(4)17(5)23(14-21)24-13-19(24)9-2/h8-12,14,19,24,28H,2-3,6,13,15H2,1,4-5,7H3/b11-8-,22-20-.